The molecule has 1 fully saturated rings. The highest BCUT2D eigenvalue weighted by atomic mass is 32.2. The summed E-state index contributed by atoms with van der Waals surface area (Å²) in [5.41, 5.74) is 9.23. The molecule has 0 bridgehead atoms. The zero-order valence-corrected chi connectivity index (χ0v) is 15.3. The lowest BCUT2D eigenvalue weighted by atomic mass is 10.2. The molecule has 6 heteroatoms. The topological polar surface area (TPSA) is 62.9 Å². The predicted molar refractivity (Wildman–Crippen MR) is 108 cm³/mol. The minimum atomic E-state index is 0.377. The molecule has 1 aliphatic rings. The van der Waals surface area contributed by atoms with Crippen LogP contribution in [0.5, 0.6) is 5.75 Å². The van der Waals surface area contributed by atoms with E-state index in [4.69, 9.17) is 10.5 Å². The van der Waals surface area contributed by atoms with E-state index in [1.807, 2.05) is 36.0 Å². The van der Waals surface area contributed by atoms with E-state index in [9.17, 15) is 0 Å². The molecular weight excluding hydrogens is 332 g/mol. The van der Waals surface area contributed by atoms with Crippen molar-refractivity contribution >= 4 is 29.1 Å². The van der Waals surface area contributed by atoms with Crippen LogP contribution in [0.15, 0.2) is 53.5 Å². The van der Waals surface area contributed by atoms with Crippen LogP contribution in [-0.2, 0) is 6.54 Å². The van der Waals surface area contributed by atoms with E-state index in [1.165, 1.54) is 17.2 Å². The maximum atomic E-state index is 6.00. The molecule has 0 amide bonds. The summed E-state index contributed by atoms with van der Waals surface area (Å²) >= 11 is 2.02. The van der Waals surface area contributed by atoms with Gasteiger partial charge >= 0.3 is 0 Å². The second-order valence-corrected chi connectivity index (χ2v) is 7.02. The first-order valence-electron chi connectivity index (χ1n) is 8.38. The van der Waals surface area contributed by atoms with E-state index in [-0.39, 0.29) is 0 Å². The SMILES string of the molecule is COc1ccccc1NC(N)=NCc1ccc(N2CCSCC2)cc1. The molecule has 3 N–H and O–H groups in total. The van der Waals surface area contributed by atoms with Gasteiger partial charge in [0.2, 0.25) is 0 Å². The lowest BCUT2D eigenvalue weighted by molar-refractivity contribution is 0.417. The first kappa shape index (κ1) is 17.5. The quantitative estimate of drug-likeness (QED) is 0.636. The van der Waals surface area contributed by atoms with Gasteiger partial charge in [-0.3, -0.25) is 0 Å². The molecule has 0 saturated carbocycles. The molecule has 0 aromatic heterocycles. The second-order valence-electron chi connectivity index (χ2n) is 5.79. The van der Waals surface area contributed by atoms with E-state index >= 15 is 0 Å². The van der Waals surface area contributed by atoms with Gasteiger partial charge in [-0.05, 0) is 29.8 Å². The van der Waals surface area contributed by atoms with Crippen LogP contribution in [-0.4, -0.2) is 37.7 Å². The number of ether oxygens (including phenoxy) is 1. The maximum Gasteiger partial charge on any atom is 0.193 e. The monoisotopic (exact) mass is 356 g/mol. The largest absolute Gasteiger partial charge is 0.495 e. The van der Waals surface area contributed by atoms with Crippen LogP contribution in [0.2, 0.25) is 0 Å². The number of anilines is 2. The zero-order valence-electron chi connectivity index (χ0n) is 14.4. The third-order valence-electron chi connectivity index (χ3n) is 4.11. The van der Waals surface area contributed by atoms with Gasteiger partial charge < -0.3 is 20.7 Å². The lowest BCUT2D eigenvalue weighted by Crippen LogP contribution is -2.32. The molecule has 132 valence electrons. The van der Waals surface area contributed by atoms with Crippen molar-refractivity contribution in [3.8, 4) is 5.75 Å². The molecule has 0 aliphatic carbocycles. The van der Waals surface area contributed by atoms with Crippen LogP contribution in [0, 0.1) is 0 Å². The molecule has 1 aliphatic heterocycles. The number of guanidine groups is 1. The third-order valence-corrected chi connectivity index (χ3v) is 5.06. The summed E-state index contributed by atoms with van der Waals surface area (Å²) in [6.45, 7) is 2.79. The Morgan fingerprint density at radius 2 is 1.88 bits per heavy atom. The molecule has 25 heavy (non-hydrogen) atoms. The number of rotatable bonds is 5. The van der Waals surface area contributed by atoms with Crippen molar-refractivity contribution in [1.82, 2.24) is 0 Å². The first-order chi connectivity index (χ1) is 12.3. The third kappa shape index (κ3) is 4.82. The van der Waals surface area contributed by atoms with Crippen LogP contribution < -0.4 is 20.7 Å². The van der Waals surface area contributed by atoms with Crippen LogP contribution in [0.4, 0.5) is 11.4 Å². The lowest BCUT2D eigenvalue weighted by Gasteiger charge is -2.28. The Kier molecular flexibility index (Phi) is 6.06. The summed E-state index contributed by atoms with van der Waals surface area (Å²) in [5.74, 6) is 3.53. The van der Waals surface area contributed by atoms with Crippen LogP contribution in [0.1, 0.15) is 5.56 Å². The van der Waals surface area contributed by atoms with Gasteiger partial charge in [-0.1, -0.05) is 24.3 Å². The Morgan fingerprint density at radius 1 is 1.16 bits per heavy atom. The van der Waals surface area contributed by atoms with Gasteiger partial charge in [-0.25, -0.2) is 4.99 Å². The molecule has 2 aromatic carbocycles. The Morgan fingerprint density at radius 3 is 2.60 bits per heavy atom. The molecule has 0 radical (unpaired) electrons. The Labute approximate surface area is 153 Å². The predicted octanol–water partition coefficient (Wildman–Crippen LogP) is 3.18. The number of nitrogens with two attached hydrogens (primary N) is 1. The second kappa shape index (κ2) is 8.67. The number of nitrogens with one attached hydrogen (secondary N) is 1. The van der Waals surface area contributed by atoms with Gasteiger partial charge in [-0.15, -0.1) is 0 Å². The van der Waals surface area contributed by atoms with Gasteiger partial charge in [0.15, 0.2) is 5.96 Å². The highest BCUT2D eigenvalue weighted by molar-refractivity contribution is 7.99. The number of nitrogens with zero attached hydrogens (tertiary/aromatic N) is 2. The van der Waals surface area contributed by atoms with Crippen LogP contribution in [0.3, 0.4) is 0 Å². The van der Waals surface area contributed by atoms with E-state index in [0.29, 0.717) is 12.5 Å². The molecule has 5 nitrogen and oxygen atoms in total. The minimum absolute atomic E-state index is 0.377. The fraction of sp³-hybridized carbons (Fsp3) is 0.316. The highest BCUT2D eigenvalue weighted by Crippen LogP contribution is 2.23. The van der Waals surface area contributed by atoms with Crippen LogP contribution >= 0.6 is 11.8 Å². The Bertz CT molecular complexity index is 712. The number of aliphatic imine (C=N–C) groups is 1. The summed E-state index contributed by atoms with van der Waals surface area (Å²) in [7, 11) is 1.64. The summed E-state index contributed by atoms with van der Waals surface area (Å²) in [6, 6.07) is 16.2. The van der Waals surface area contributed by atoms with Crippen molar-refractivity contribution in [3.63, 3.8) is 0 Å². The fourth-order valence-electron chi connectivity index (χ4n) is 2.74. The molecule has 0 unspecified atom stereocenters. The number of hydrogen-bond donors (Lipinski definition) is 2. The highest BCUT2D eigenvalue weighted by Gasteiger charge is 2.10. The molecule has 0 atom stereocenters. The molecule has 2 aromatic rings. The molecule has 1 saturated heterocycles. The number of thioether (sulfide) groups is 1. The van der Waals surface area contributed by atoms with Gasteiger partial charge in [0.1, 0.15) is 5.75 Å². The van der Waals surface area contributed by atoms with Gasteiger partial charge in [0.05, 0.1) is 19.3 Å². The van der Waals surface area contributed by atoms with E-state index in [2.05, 4.69) is 39.5 Å². The van der Waals surface area contributed by atoms with E-state index in [1.54, 1.807) is 7.11 Å². The zero-order chi connectivity index (χ0) is 17.5. The fourth-order valence-corrected chi connectivity index (χ4v) is 3.64. The standard InChI is InChI=1S/C19H24N4OS/c1-24-18-5-3-2-4-17(18)22-19(20)21-14-15-6-8-16(9-7-15)23-10-12-25-13-11-23/h2-9H,10-14H2,1H3,(H3,20,21,22). The maximum absolute atomic E-state index is 6.00. The molecular formula is C19H24N4OS. The average molecular weight is 356 g/mol. The number of para-hydroxylation sites is 2. The van der Waals surface area contributed by atoms with E-state index < -0.39 is 0 Å². The number of benzene rings is 2. The summed E-state index contributed by atoms with van der Waals surface area (Å²) in [4.78, 5) is 6.85. The molecule has 0 spiro atoms. The van der Waals surface area contributed by atoms with Crippen molar-refractivity contribution in [3.05, 3.63) is 54.1 Å². The smallest absolute Gasteiger partial charge is 0.193 e. The van der Waals surface area contributed by atoms with E-state index in [0.717, 1.165) is 30.1 Å². The summed E-state index contributed by atoms with van der Waals surface area (Å²) in [5, 5.41) is 3.09. The van der Waals surface area contributed by atoms with Crippen molar-refractivity contribution in [1.29, 1.82) is 0 Å². The molecule has 3 rings (SSSR count). The van der Waals surface area contributed by atoms with Gasteiger partial charge in [-0.2, -0.15) is 11.8 Å². The van der Waals surface area contributed by atoms with Crippen molar-refractivity contribution in [2.45, 2.75) is 6.54 Å². The normalized spacial score (nSPS) is 15.1. The first-order valence-corrected chi connectivity index (χ1v) is 9.53. The number of methoxy groups -OCH3 is 1. The van der Waals surface area contributed by atoms with Crippen molar-refractivity contribution in [2.24, 2.45) is 10.7 Å². The molecule has 1 heterocycles. The van der Waals surface area contributed by atoms with Gasteiger partial charge in [0.25, 0.3) is 0 Å². The van der Waals surface area contributed by atoms with Crippen molar-refractivity contribution in [2.75, 3.05) is 41.9 Å². The summed E-state index contributed by atoms with van der Waals surface area (Å²) in [6.07, 6.45) is 0. The van der Waals surface area contributed by atoms with Crippen LogP contribution in [0.25, 0.3) is 0 Å². The Hall–Kier alpha value is -2.34. The Balaban J connectivity index is 1.59. The summed E-state index contributed by atoms with van der Waals surface area (Å²) < 4.78 is 5.30. The van der Waals surface area contributed by atoms with Gasteiger partial charge in [0, 0.05) is 30.3 Å². The van der Waals surface area contributed by atoms with Crippen molar-refractivity contribution < 1.29 is 4.74 Å². The number of hydrogen-bond acceptors (Lipinski definition) is 4. The average Bonchev–Trinajstić information content (AvgIpc) is 2.68. The minimum Gasteiger partial charge on any atom is -0.495 e.